The van der Waals surface area contributed by atoms with E-state index in [2.05, 4.69) is 50.1 Å². The van der Waals surface area contributed by atoms with E-state index in [0.29, 0.717) is 12.0 Å². The van der Waals surface area contributed by atoms with Crippen molar-refractivity contribution in [2.75, 3.05) is 27.4 Å². The van der Waals surface area contributed by atoms with Gasteiger partial charge >= 0.3 is 0 Å². The Morgan fingerprint density at radius 1 is 1.24 bits per heavy atom. The van der Waals surface area contributed by atoms with Gasteiger partial charge in [0.15, 0.2) is 0 Å². The second-order valence-electron chi connectivity index (χ2n) is 4.56. The zero-order valence-corrected chi connectivity index (χ0v) is 12.1. The number of nitrogens with zero attached hydrogens (tertiary/aromatic N) is 1. The van der Waals surface area contributed by atoms with E-state index in [-0.39, 0.29) is 0 Å². The van der Waals surface area contributed by atoms with E-state index < -0.39 is 0 Å². The van der Waals surface area contributed by atoms with Gasteiger partial charge in [-0.05, 0) is 31.2 Å². The summed E-state index contributed by atoms with van der Waals surface area (Å²) in [5.74, 6) is 0. The van der Waals surface area contributed by atoms with E-state index in [9.17, 15) is 0 Å². The normalized spacial score (nSPS) is 11.4. The van der Waals surface area contributed by atoms with Crippen molar-refractivity contribution in [2.45, 2.75) is 30.4 Å². The summed E-state index contributed by atoms with van der Waals surface area (Å²) in [7, 11) is 3.81. The van der Waals surface area contributed by atoms with Crippen LogP contribution >= 0.6 is 11.8 Å². The highest BCUT2D eigenvalue weighted by molar-refractivity contribution is 7.99. The average molecular weight is 253 g/mol. The van der Waals surface area contributed by atoms with Crippen molar-refractivity contribution < 1.29 is 4.74 Å². The van der Waals surface area contributed by atoms with Gasteiger partial charge in [0, 0.05) is 23.8 Å². The second kappa shape index (κ2) is 7.75. The first-order valence-electron chi connectivity index (χ1n) is 6.05. The molecule has 1 aromatic carbocycles. The summed E-state index contributed by atoms with van der Waals surface area (Å²) in [6, 6.07) is 8.89. The largest absolute Gasteiger partial charge is 0.369 e. The van der Waals surface area contributed by atoms with Crippen LogP contribution in [0.2, 0.25) is 0 Å². The molecule has 0 saturated heterocycles. The molecule has 96 valence electrons. The van der Waals surface area contributed by atoms with Gasteiger partial charge in [0.1, 0.15) is 0 Å². The molecule has 0 fully saturated rings. The standard InChI is InChI=1S/C14H23NOS/c1-12(2)17-14-7-5-13(6-8-14)9-10-15(3)11-16-4/h5-8,12H,9-11H2,1-4H3. The topological polar surface area (TPSA) is 12.5 Å². The molecule has 0 aliphatic rings. The lowest BCUT2D eigenvalue weighted by atomic mass is 10.1. The number of ether oxygens (including phenoxy) is 1. The van der Waals surface area contributed by atoms with E-state index in [1.54, 1.807) is 7.11 Å². The fourth-order valence-corrected chi connectivity index (χ4v) is 2.45. The Kier molecular flexibility index (Phi) is 6.63. The van der Waals surface area contributed by atoms with Crippen LogP contribution in [-0.4, -0.2) is 37.6 Å². The van der Waals surface area contributed by atoms with Gasteiger partial charge in [-0.15, -0.1) is 11.8 Å². The number of hydrogen-bond acceptors (Lipinski definition) is 3. The van der Waals surface area contributed by atoms with Gasteiger partial charge in [0.05, 0.1) is 6.73 Å². The summed E-state index contributed by atoms with van der Waals surface area (Å²) in [6.45, 7) is 6.17. The molecule has 0 unspecified atom stereocenters. The molecule has 0 amide bonds. The number of benzene rings is 1. The molecule has 1 aromatic rings. The zero-order chi connectivity index (χ0) is 12.7. The van der Waals surface area contributed by atoms with Gasteiger partial charge in [-0.1, -0.05) is 26.0 Å². The first-order chi connectivity index (χ1) is 8.11. The summed E-state index contributed by atoms with van der Waals surface area (Å²) >= 11 is 1.91. The van der Waals surface area contributed by atoms with Crippen LogP contribution in [0.15, 0.2) is 29.2 Å². The first-order valence-corrected chi connectivity index (χ1v) is 6.93. The molecule has 0 aliphatic carbocycles. The lowest BCUT2D eigenvalue weighted by molar-refractivity contribution is 0.0827. The van der Waals surface area contributed by atoms with E-state index in [1.165, 1.54) is 10.5 Å². The Balaban J connectivity index is 2.40. The summed E-state index contributed by atoms with van der Waals surface area (Å²) in [5.41, 5.74) is 1.39. The maximum atomic E-state index is 5.08. The summed E-state index contributed by atoms with van der Waals surface area (Å²) in [4.78, 5) is 3.53. The molecule has 0 atom stereocenters. The van der Waals surface area contributed by atoms with Crippen LogP contribution in [0, 0.1) is 0 Å². The third kappa shape index (κ3) is 6.10. The molecule has 0 aromatic heterocycles. The number of likely N-dealkylation sites (N-methyl/N-ethyl adjacent to an activating group) is 1. The lowest BCUT2D eigenvalue weighted by Crippen LogP contribution is -2.23. The summed E-state index contributed by atoms with van der Waals surface area (Å²) in [5, 5.41) is 0.647. The lowest BCUT2D eigenvalue weighted by Gasteiger charge is -2.15. The van der Waals surface area contributed by atoms with Crippen LogP contribution in [0.25, 0.3) is 0 Å². The zero-order valence-electron chi connectivity index (χ0n) is 11.3. The SMILES string of the molecule is COCN(C)CCc1ccc(SC(C)C)cc1. The van der Waals surface area contributed by atoms with Crippen LogP contribution in [0.5, 0.6) is 0 Å². The van der Waals surface area contributed by atoms with Crippen molar-refractivity contribution in [1.82, 2.24) is 4.90 Å². The quantitative estimate of drug-likeness (QED) is 0.546. The fourth-order valence-electron chi connectivity index (χ4n) is 1.61. The molecule has 0 N–H and O–H groups in total. The Hall–Kier alpha value is -0.510. The Morgan fingerprint density at radius 2 is 1.88 bits per heavy atom. The van der Waals surface area contributed by atoms with Gasteiger partial charge in [-0.25, -0.2) is 0 Å². The molecule has 3 heteroatoms. The Labute approximate surface area is 109 Å². The number of rotatable bonds is 7. The highest BCUT2D eigenvalue weighted by atomic mass is 32.2. The van der Waals surface area contributed by atoms with Crippen LogP contribution in [0.4, 0.5) is 0 Å². The van der Waals surface area contributed by atoms with Crippen molar-refractivity contribution in [3.05, 3.63) is 29.8 Å². The second-order valence-corrected chi connectivity index (χ2v) is 6.21. The predicted molar refractivity (Wildman–Crippen MR) is 75.6 cm³/mol. The van der Waals surface area contributed by atoms with E-state index in [4.69, 9.17) is 4.74 Å². The van der Waals surface area contributed by atoms with Gasteiger partial charge in [0.25, 0.3) is 0 Å². The first kappa shape index (κ1) is 14.6. The van der Waals surface area contributed by atoms with Crippen LogP contribution < -0.4 is 0 Å². The maximum Gasteiger partial charge on any atom is 0.0984 e. The van der Waals surface area contributed by atoms with E-state index in [0.717, 1.165) is 13.0 Å². The Bertz CT molecular complexity index is 311. The molecule has 0 heterocycles. The van der Waals surface area contributed by atoms with Crippen molar-refractivity contribution in [3.63, 3.8) is 0 Å². The molecule has 2 nitrogen and oxygen atoms in total. The molecular formula is C14H23NOS. The molecule has 0 bridgehead atoms. The summed E-state index contributed by atoms with van der Waals surface area (Å²) < 4.78 is 5.08. The molecule has 17 heavy (non-hydrogen) atoms. The van der Waals surface area contributed by atoms with Crippen molar-refractivity contribution in [2.24, 2.45) is 0 Å². The Morgan fingerprint density at radius 3 is 2.41 bits per heavy atom. The van der Waals surface area contributed by atoms with Crippen LogP contribution in [-0.2, 0) is 11.2 Å². The van der Waals surface area contributed by atoms with Crippen LogP contribution in [0.3, 0.4) is 0 Å². The van der Waals surface area contributed by atoms with Gasteiger partial charge in [0.2, 0.25) is 0 Å². The molecular weight excluding hydrogens is 230 g/mol. The molecule has 1 rings (SSSR count). The van der Waals surface area contributed by atoms with Crippen molar-refractivity contribution in [1.29, 1.82) is 0 Å². The highest BCUT2D eigenvalue weighted by Crippen LogP contribution is 2.22. The number of thioether (sulfide) groups is 1. The minimum Gasteiger partial charge on any atom is -0.369 e. The molecule has 0 saturated carbocycles. The van der Waals surface area contributed by atoms with Gasteiger partial charge < -0.3 is 4.74 Å². The van der Waals surface area contributed by atoms with E-state index >= 15 is 0 Å². The van der Waals surface area contributed by atoms with Crippen molar-refractivity contribution >= 4 is 11.8 Å². The summed E-state index contributed by atoms with van der Waals surface area (Å²) in [6.07, 6.45) is 1.08. The van der Waals surface area contributed by atoms with Crippen LogP contribution in [0.1, 0.15) is 19.4 Å². The minimum absolute atomic E-state index is 0.647. The van der Waals surface area contributed by atoms with E-state index in [1.807, 2.05) is 11.8 Å². The highest BCUT2D eigenvalue weighted by Gasteiger charge is 2.00. The van der Waals surface area contributed by atoms with Gasteiger partial charge in [-0.3, -0.25) is 4.90 Å². The predicted octanol–water partition coefficient (Wildman–Crippen LogP) is 3.27. The fraction of sp³-hybridized carbons (Fsp3) is 0.571. The van der Waals surface area contributed by atoms with Gasteiger partial charge in [-0.2, -0.15) is 0 Å². The molecule has 0 spiro atoms. The third-order valence-corrected chi connectivity index (χ3v) is 3.44. The number of hydrogen-bond donors (Lipinski definition) is 0. The molecule has 0 aliphatic heterocycles. The smallest absolute Gasteiger partial charge is 0.0984 e. The average Bonchev–Trinajstić information content (AvgIpc) is 2.28. The third-order valence-electron chi connectivity index (χ3n) is 2.43. The maximum absolute atomic E-state index is 5.08. The minimum atomic E-state index is 0.647. The monoisotopic (exact) mass is 253 g/mol. The number of methoxy groups -OCH3 is 1. The van der Waals surface area contributed by atoms with Crippen molar-refractivity contribution in [3.8, 4) is 0 Å². The molecule has 0 radical (unpaired) electrons.